The predicted octanol–water partition coefficient (Wildman–Crippen LogP) is 3.11. The van der Waals surface area contributed by atoms with E-state index in [9.17, 15) is 0 Å². The fourth-order valence-corrected chi connectivity index (χ4v) is 2.50. The molecule has 0 bridgehead atoms. The zero-order valence-electron chi connectivity index (χ0n) is 12.8. The summed E-state index contributed by atoms with van der Waals surface area (Å²) >= 11 is 0. The molecule has 1 atom stereocenters. The summed E-state index contributed by atoms with van der Waals surface area (Å²) < 4.78 is 7.14. The highest BCUT2D eigenvalue weighted by molar-refractivity contribution is 5.49. The third kappa shape index (κ3) is 3.34. The van der Waals surface area contributed by atoms with Crippen molar-refractivity contribution in [2.45, 2.75) is 26.8 Å². The number of ether oxygens (including phenoxy) is 1. The first-order valence-electron chi connectivity index (χ1n) is 6.89. The molecule has 110 valence electrons. The molecule has 0 aliphatic carbocycles. The van der Waals surface area contributed by atoms with Gasteiger partial charge in [-0.15, -0.1) is 0 Å². The number of hydrogen-bond acceptors (Lipinski definition) is 4. The van der Waals surface area contributed by atoms with Gasteiger partial charge in [-0.25, -0.2) is 0 Å². The number of nitriles is 1. The van der Waals surface area contributed by atoms with E-state index in [0.29, 0.717) is 5.75 Å². The van der Waals surface area contributed by atoms with Gasteiger partial charge in [0.2, 0.25) is 0 Å². The minimum Gasteiger partial charge on any atom is -0.479 e. The number of rotatable bonds is 5. The molecular weight excluding hydrogens is 264 g/mol. The molecule has 1 unspecified atom stereocenters. The van der Waals surface area contributed by atoms with E-state index in [0.717, 1.165) is 11.4 Å². The van der Waals surface area contributed by atoms with E-state index < -0.39 is 0 Å². The molecule has 5 nitrogen and oxygen atoms in total. The summed E-state index contributed by atoms with van der Waals surface area (Å²) in [4.78, 5) is 0. The lowest BCUT2D eigenvalue weighted by atomic mass is 10.1. The van der Waals surface area contributed by atoms with Crippen LogP contribution in [0.15, 0.2) is 24.3 Å². The van der Waals surface area contributed by atoms with Crippen molar-refractivity contribution in [2.75, 3.05) is 11.9 Å². The molecule has 5 heteroatoms. The van der Waals surface area contributed by atoms with Gasteiger partial charge in [-0.05, 0) is 45.0 Å². The molecule has 0 saturated heterocycles. The fourth-order valence-electron chi connectivity index (χ4n) is 2.50. The largest absolute Gasteiger partial charge is 0.479 e. The minimum absolute atomic E-state index is 0.0667. The Morgan fingerprint density at radius 1 is 1.33 bits per heavy atom. The first-order valence-corrected chi connectivity index (χ1v) is 6.89. The van der Waals surface area contributed by atoms with Gasteiger partial charge in [0, 0.05) is 24.0 Å². The predicted molar refractivity (Wildman–Crippen MR) is 82.3 cm³/mol. The van der Waals surface area contributed by atoms with Crippen LogP contribution in [-0.2, 0) is 7.05 Å². The number of hydrogen-bond donors (Lipinski definition) is 1. The molecule has 2 rings (SSSR count). The van der Waals surface area contributed by atoms with Gasteiger partial charge in [-0.3, -0.25) is 4.68 Å². The Bertz CT molecular complexity index is 652. The Balaban J connectivity index is 2.09. The van der Waals surface area contributed by atoms with Gasteiger partial charge in [0.05, 0.1) is 11.7 Å². The maximum absolute atomic E-state index is 8.49. The Morgan fingerprint density at radius 2 is 2.00 bits per heavy atom. The lowest BCUT2D eigenvalue weighted by molar-refractivity contribution is 0.368. The summed E-state index contributed by atoms with van der Waals surface area (Å²) in [6, 6.07) is 9.73. The average Bonchev–Trinajstić information content (AvgIpc) is 2.71. The highest BCUT2D eigenvalue weighted by atomic mass is 16.5. The van der Waals surface area contributed by atoms with Crippen molar-refractivity contribution < 1.29 is 4.74 Å². The lowest BCUT2D eigenvalue weighted by Gasteiger charge is -2.16. The Morgan fingerprint density at radius 3 is 2.52 bits per heavy atom. The van der Waals surface area contributed by atoms with Gasteiger partial charge in [0.25, 0.3) is 0 Å². The maximum Gasteiger partial charge on any atom is 0.174 e. The second-order valence-electron chi connectivity index (χ2n) is 5.05. The molecule has 1 aromatic carbocycles. The molecule has 0 radical (unpaired) electrons. The number of nitrogens with one attached hydrogen (secondary N) is 1. The van der Waals surface area contributed by atoms with Crippen LogP contribution < -0.4 is 10.1 Å². The van der Waals surface area contributed by atoms with E-state index in [1.165, 1.54) is 11.3 Å². The Kier molecular flexibility index (Phi) is 4.49. The topological polar surface area (TPSA) is 62.9 Å². The molecule has 1 aromatic heterocycles. The molecule has 1 N–H and O–H groups in total. The SMILES string of the molecule is Cc1nn(C)c(C)c1C(C)Nc1ccc(OCC#N)cc1. The average molecular weight is 284 g/mol. The molecule has 1 heterocycles. The summed E-state index contributed by atoms with van der Waals surface area (Å²) in [5.74, 6) is 0.698. The van der Waals surface area contributed by atoms with E-state index in [1.807, 2.05) is 49.0 Å². The van der Waals surface area contributed by atoms with Crippen molar-refractivity contribution in [3.8, 4) is 11.8 Å². The van der Waals surface area contributed by atoms with Crippen molar-refractivity contribution >= 4 is 5.69 Å². The van der Waals surface area contributed by atoms with Crippen LogP contribution in [0.2, 0.25) is 0 Å². The third-order valence-electron chi connectivity index (χ3n) is 3.54. The van der Waals surface area contributed by atoms with E-state index >= 15 is 0 Å². The summed E-state index contributed by atoms with van der Waals surface area (Å²) in [6.45, 7) is 6.29. The summed E-state index contributed by atoms with van der Waals surface area (Å²) in [5, 5.41) is 16.4. The second kappa shape index (κ2) is 6.31. The van der Waals surface area contributed by atoms with E-state index in [1.54, 1.807) is 0 Å². The Hall–Kier alpha value is -2.48. The molecule has 2 aromatic rings. The molecule has 0 aliphatic rings. The van der Waals surface area contributed by atoms with Crippen LogP contribution in [0, 0.1) is 25.2 Å². The first-order chi connectivity index (χ1) is 10.0. The monoisotopic (exact) mass is 284 g/mol. The molecule has 0 fully saturated rings. The van der Waals surface area contributed by atoms with Crippen LogP contribution in [0.3, 0.4) is 0 Å². The van der Waals surface area contributed by atoms with Crippen LogP contribution in [0.1, 0.15) is 29.9 Å². The zero-order valence-corrected chi connectivity index (χ0v) is 12.8. The van der Waals surface area contributed by atoms with Crippen LogP contribution >= 0.6 is 0 Å². The van der Waals surface area contributed by atoms with Crippen LogP contribution in [-0.4, -0.2) is 16.4 Å². The van der Waals surface area contributed by atoms with E-state index in [2.05, 4.69) is 24.3 Å². The van der Waals surface area contributed by atoms with Crippen molar-refractivity contribution in [1.29, 1.82) is 5.26 Å². The van der Waals surface area contributed by atoms with Gasteiger partial charge in [0.1, 0.15) is 11.8 Å². The molecular formula is C16H20N4O. The fraction of sp³-hybridized carbons (Fsp3) is 0.375. The molecule has 21 heavy (non-hydrogen) atoms. The summed E-state index contributed by atoms with van der Waals surface area (Å²) in [5.41, 5.74) is 4.45. The number of anilines is 1. The van der Waals surface area contributed by atoms with E-state index in [4.69, 9.17) is 10.00 Å². The van der Waals surface area contributed by atoms with Gasteiger partial charge in [-0.2, -0.15) is 10.4 Å². The maximum atomic E-state index is 8.49. The highest BCUT2D eigenvalue weighted by Crippen LogP contribution is 2.25. The quantitative estimate of drug-likeness (QED) is 0.916. The standard InChI is InChI=1S/C16H20N4O/c1-11(16-12(2)19-20(4)13(16)3)18-14-5-7-15(8-6-14)21-10-9-17/h5-8,11,18H,10H2,1-4H3. The van der Waals surface area contributed by atoms with Crippen LogP contribution in [0.4, 0.5) is 5.69 Å². The van der Waals surface area contributed by atoms with E-state index in [-0.39, 0.29) is 12.6 Å². The molecule has 0 spiro atoms. The van der Waals surface area contributed by atoms with Crippen molar-refractivity contribution in [2.24, 2.45) is 7.05 Å². The normalized spacial score (nSPS) is 11.8. The smallest absolute Gasteiger partial charge is 0.174 e. The number of benzene rings is 1. The first kappa shape index (κ1) is 14.9. The number of nitrogens with zero attached hydrogens (tertiary/aromatic N) is 3. The van der Waals surface area contributed by atoms with Crippen LogP contribution in [0.25, 0.3) is 0 Å². The van der Waals surface area contributed by atoms with Crippen molar-refractivity contribution in [1.82, 2.24) is 9.78 Å². The number of aryl methyl sites for hydroxylation is 2. The lowest BCUT2D eigenvalue weighted by Crippen LogP contribution is -2.09. The van der Waals surface area contributed by atoms with Gasteiger partial charge < -0.3 is 10.1 Å². The minimum atomic E-state index is 0.0667. The van der Waals surface area contributed by atoms with Gasteiger partial charge in [0.15, 0.2) is 6.61 Å². The molecule has 0 aliphatic heterocycles. The third-order valence-corrected chi connectivity index (χ3v) is 3.54. The van der Waals surface area contributed by atoms with Crippen LogP contribution in [0.5, 0.6) is 5.75 Å². The van der Waals surface area contributed by atoms with Gasteiger partial charge in [-0.1, -0.05) is 0 Å². The van der Waals surface area contributed by atoms with Crippen molar-refractivity contribution in [3.63, 3.8) is 0 Å². The van der Waals surface area contributed by atoms with Crippen molar-refractivity contribution in [3.05, 3.63) is 41.2 Å². The molecule has 0 amide bonds. The van der Waals surface area contributed by atoms with Gasteiger partial charge >= 0.3 is 0 Å². The molecule has 0 saturated carbocycles. The number of aromatic nitrogens is 2. The Labute approximate surface area is 125 Å². The summed E-state index contributed by atoms with van der Waals surface area (Å²) in [7, 11) is 1.96. The highest BCUT2D eigenvalue weighted by Gasteiger charge is 2.16. The zero-order chi connectivity index (χ0) is 15.4. The summed E-state index contributed by atoms with van der Waals surface area (Å²) in [6.07, 6.45) is 0. The second-order valence-corrected chi connectivity index (χ2v) is 5.05.